The Morgan fingerprint density at radius 3 is 2.53 bits per heavy atom. The van der Waals surface area contributed by atoms with Crippen molar-refractivity contribution in [3.05, 3.63) is 74.9 Å². The normalized spacial score (nSPS) is 14.0. The van der Waals surface area contributed by atoms with Crippen LogP contribution in [0.25, 0.3) is 32.9 Å². The molecule has 2 N–H and O–H groups in total. The number of anilines is 1. The van der Waals surface area contributed by atoms with Crippen LogP contribution in [0.15, 0.2) is 45.6 Å². The maximum atomic E-state index is 15.0. The van der Waals surface area contributed by atoms with Gasteiger partial charge in [-0.1, -0.05) is 13.0 Å². The maximum absolute atomic E-state index is 15.0. The van der Waals surface area contributed by atoms with Gasteiger partial charge in [0.05, 0.1) is 5.39 Å². The largest absolute Gasteiger partial charge is 0.461 e. The Kier molecular flexibility index (Phi) is 4.21. The Hall–Kier alpha value is -3.14. The number of nitrogens with two attached hydrogens (primary N) is 1. The van der Waals surface area contributed by atoms with E-state index in [0.29, 0.717) is 33.9 Å². The lowest BCUT2D eigenvalue weighted by atomic mass is 9.91. The van der Waals surface area contributed by atoms with E-state index in [-0.39, 0.29) is 11.2 Å². The zero-order valence-electron chi connectivity index (χ0n) is 17.4. The van der Waals surface area contributed by atoms with Gasteiger partial charge in [0.25, 0.3) is 0 Å². The average molecular weight is 401 g/mol. The molecule has 4 heteroatoms. The topological polar surface area (TPSA) is 56.2 Å². The van der Waals surface area contributed by atoms with Crippen molar-refractivity contribution < 1.29 is 8.81 Å². The van der Waals surface area contributed by atoms with Crippen molar-refractivity contribution in [1.82, 2.24) is 0 Å². The summed E-state index contributed by atoms with van der Waals surface area (Å²) >= 11 is 0. The number of hydrogen-bond acceptors (Lipinski definition) is 3. The monoisotopic (exact) mass is 401 g/mol. The number of fused-ring (bicyclic) bond motifs is 3. The van der Waals surface area contributed by atoms with Gasteiger partial charge in [0, 0.05) is 16.6 Å². The van der Waals surface area contributed by atoms with E-state index in [2.05, 4.69) is 0 Å². The third kappa shape index (κ3) is 2.82. The predicted molar refractivity (Wildman–Crippen MR) is 121 cm³/mol. The second-order valence-electron chi connectivity index (χ2n) is 8.38. The van der Waals surface area contributed by atoms with E-state index in [1.165, 1.54) is 6.07 Å². The lowest BCUT2D eigenvalue weighted by molar-refractivity contribution is 0.581. The van der Waals surface area contributed by atoms with Gasteiger partial charge in [0.15, 0.2) is 5.43 Å². The minimum Gasteiger partial charge on any atom is -0.461 e. The zero-order valence-corrected chi connectivity index (χ0v) is 17.4. The Balaban J connectivity index is 1.92. The van der Waals surface area contributed by atoms with E-state index in [1.54, 1.807) is 6.07 Å². The molecule has 152 valence electrons. The quantitative estimate of drug-likeness (QED) is 0.405. The van der Waals surface area contributed by atoms with Crippen LogP contribution in [0, 0.1) is 19.7 Å². The second-order valence-corrected chi connectivity index (χ2v) is 8.38. The molecule has 1 aliphatic rings. The van der Waals surface area contributed by atoms with Crippen LogP contribution in [-0.4, -0.2) is 0 Å². The minimum atomic E-state index is -0.330. The lowest BCUT2D eigenvalue weighted by Crippen LogP contribution is -1.98. The van der Waals surface area contributed by atoms with Gasteiger partial charge in [-0.05, 0) is 97.0 Å². The Morgan fingerprint density at radius 1 is 1.07 bits per heavy atom. The van der Waals surface area contributed by atoms with Crippen LogP contribution in [0.2, 0.25) is 0 Å². The summed E-state index contributed by atoms with van der Waals surface area (Å²) in [4.78, 5) is 13.0. The van der Waals surface area contributed by atoms with Crippen molar-refractivity contribution in [3.8, 4) is 11.1 Å². The lowest BCUT2D eigenvalue weighted by Gasteiger charge is -2.14. The molecule has 1 aliphatic carbocycles. The molecule has 3 aromatic carbocycles. The molecule has 1 saturated carbocycles. The van der Waals surface area contributed by atoms with Crippen LogP contribution in [-0.2, 0) is 6.42 Å². The summed E-state index contributed by atoms with van der Waals surface area (Å²) < 4.78 is 20.9. The van der Waals surface area contributed by atoms with E-state index >= 15 is 0 Å². The molecule has 0 spiro atoms. The summed E-state index contributed by atoms with van der Waals surface area (Å²) in [5, 5.41) is 2.52. The molecule has 30 heavy (non-hydrogen) atoms. The number of benzene rings is 2. The first-order valence-electron chi connectivity index (χ1n) is 10.5. The van der Waals surface area contributed by atoms with Crippen molar-refractivity contribution >= 4 is 27.4 Å². The number of hydrogen-bond donors (Lipinski definition) is 1. The Bertz CT molecular complexity index is 1400. The molecule has 3 nitrogen and oxygen atoms in total. The van der Waals surface area contributed by atoms with Gasteiger partial charge in [0.2, 0.25) is 0 Å². The van der Waals surface area contributed by atoms with Gasteiger partial charge in [0.1, 0.15) is 17.2 Å². The molecule has 1 fully saturated rings. The van der Waals surface area contributed by atoms with E-state index in [0.717, 1.165) is 52.3 Å². The zero-order chi connectivity index (χ0) is 21.2. The molecule has 5 rings (SSSR count). The van der Waals surface area contributed by atoms with E-state index in [1.807, 2.05) is 45.0 Å². The molecule has 0 atom stereocenters. The number of halogens is 1. The second kappa shape index (κ2) is 6.69. The minimum absolute atomic E-state index is 0.0205. The number of nitrogen functional groups attached to an aromatic ring is 1. The summed E-state index contributed by atoms with van der Waals surface area (Å²) in [6.07, 6.45) is 2.87. The highest BCUT2D eigenvalue weighted by molar-refractivity contribution is 6.07. The Labute approximate surface area is 174 Å². The van der Waals surface area contributed by atoms with E-state index in [4.69, 9.17) is 10.2 Å². The molecule has 1 heterocycles. The van der Waals surface area contributed by atoms with Crippen molar-refractivity contribution in [1.29, 1.82) is 0 Å². The molecule has 0 radical (unpaired) electrons. The molecular formula is C26H24FNO2. The van der Waals surface area contributed by atoms with Gasteiger partial charge in [-0.15, -0.1) is 0 Å². The number of rotatable bonds is 3. The number of furan rings is 1. The van der Waals surface area contributed by atoms with Crippen molar-refractivity contribution in [2.45, 2.75) is 46.0 Å². The van der Waals surface area contributed by atoms with Gasteiger partial charge in [-0.3, -0.25) is 4.79 Å². The summed E-state index contributed by atoms with van der Waals surface area (Å²) in [5.41, 5.74) is 11.4. The highest BCUT2D eigenvalue weighted by atomic mass is 19.1. The number of aryl methyl sites for hydroxylation is 3. The van der Waals surface area contributed by atoms with Gasteiger partial charge in [-0.25, -0.2) is 4.39 Å². The van der Waals surface area contributed by atoms with Crippen LogP contribution < -0.4 is 11.2 Å². The molecule has 0 aliphatic heterocycles. The van der Waals surface area contributed by atoms with Crippen molar-refractivity contribution in [3.63, 3.8) is 0 Å². The van der Waals surface area contributed by atoms with E-state index in [9.17, 15) is 9.18 Å². The molecule has 0 bridgehead atoms. The average Bonchev–Trinajstić information content (AvgIpc) is 3.49. The molecule has 0 saturated heterocycles. The Morgan fingerprint density at radius 2 is 1.83 bits per heavy atom. The van der Waals surface area contributed by atoms with Crippen LogP contribution in [0.3, 0.4) is 0 Å². The first-order valence-corrected chi connectivity index (χ1v) is 10.5. The maximum Gasteiger partial charge on any atom is 0.190 e. The molecular weight excluding hydrogens is 377 g/mol. The van der Waals surface area contributed by atoms with Crippen LogP contribution in [0.4, 0.5) is 10.1 Å². The summed E-state index contributed by atoms with van der Waals surface area (Å²) in [7, 11) is 0. The smallest absolute Gasteiger partial charge is 0.190 e. The summed E-state index contributed by atoms with van der Waals surface area (Å²) in [6, 6.07) is 10.7. The summed E-state index contributed by atoms with van der Waals surface area (Å²) in [6.45, 7) is 5.87. The first kappa shape index (κ1) is 18.9. The molecule has 4 aromatic rings. The van der Waals surface area contributed by atoms with Gasteiger partial charge in [-0.2, -0.15) is 0 Å². The van der Waals surface area contributed by atoms with Crippen LogP contribution in [0.5, 0.6) is 0 Å². The third-order valence-electron chi connectivity index (χ3n) is 6.32. The fourth-order valence-electron chi connectivity index (χ4n) is 4.62. The molecule has 0 unspecified atom stereocenters. The third-order valence-corrected chi connectivity index (χ3v) is 6.32. The predicted octanol–water partition coefficient (Wildman–Crippen LogP) is 6.39. The van der Waals surface area contributed by atoms with Crippen LogP contribution in [0.1, 0.15) is 48.1 Å². The fraction of sp³-hybridized carbons (Fsp3) is 0.269. The summed E-state index contributed by atoms with van der Waals surface area (Å²) in [5.74, 6) is 0.750. The SMILES string of the molecule is CCc1cc(-c2ccc3c(c(C4CC4)cc(=O)c4cc(C)oc43)c2C)c(F)cc1N. The highest BCUT2D eigenvalue weighted by Gasteiger charge is 2.28. The fourth-order valence-corrected chi connectivity index (χ4v) is 4.62. The van der Waals surface area contributed by atoms with Gasteiger partial charge < -0.3 is 10.2 Å². The molecule has 0 amide bonds. The van der Waals surface area contributed by atoms with Gasteiger partial charge >= 0.3 is 0 Å². The highest BCUT2D eigenvalue weighted by Crippen LogP contribution is 2.45. The van der Waals surface area contributed by atoms with Crippen LogP contribution >= 0.6 is 0 Å². The first-order chi connectivity index (χ1) is 14.4. The molecule has 1 aromatic heterocycles. The van der Waals surface area contributed by atoms with E-state index < -0.39 is 0 Å². The van der Waals surface area contributed by atoms with Crippen molar-refractivity contribution in [2.75, 3.05) is 5.73 Å². The standard InChI is InChI=1S/C26H24FNO2/c1-4-15-10-20(22(27)12-23(15)28)17-7-8-18-25(14(17)3)19(16-5-6-16)11-24(29)21-9-13(2)30-26(18)21/h7-12,16H,4-6,28H2,1-3H3. The van der Waals surface area contributed by atoms with Crippen molar-refractivity contribution in [2.24, 2.45) is 0 Å².